The van der Waals surface area contributed by atoms with Gasteiger partial charge in [-0.1, -0.05) is 82.1 Å². The van der Waals surface area contributed by atoms with Crippen molar-refractivity contribution in [3.05, 3.63) is 347 Å². The molecule has 1 fully saturated rings. The molecule has 0 N–H and O–H groups in total. The second-order valence-corrected chi connectivity index (χ2v) is 29.1. The van der Waals surface area contributed by atoms with Gasteiger partial charge in [0, 0.05) is 265 Å². The number of hydrogen-bond donors (Lipinski definition) is 0. The van der Waals surface area contributed by atoms with Crippen LogP contribution in [0.15, 0.2) is 217 Å². The van der Waals surface area contributed by atoms with E-state index in [0.29, 0.717) is 61.0 Å². The Balaban J connectivity index is 0.000000230. The molecule has 5 radical (unpaired) electrons. The molecule has 5 aromatic heterocycles. The summed E-state index contributed by atoms with van der Waals surface area (Å²) in [7, 11) is 7.23. The van der Waals surface area contributed by atoms with Gasteiger partial charge in [0.15, 0.2) is 0 Å². The quantitative estimate of drug-likeness (QED) is 0.0476. The normalized spacial score (nSPS) is 11.7. The summed E-state index contributed by atoms with van der Waals surface area (Å²) >= 11 is 9.48. The molecule has 15 aromatic rings. The maximum absolute atomic E-state index is 13.2. The molecule has 30 nitrogen and oxygen atoms in total. The zero-order valence-corrected chi connectivity index (χ0v) is 87.8. The smallest absolute Gasteiger partial charge is 0.373 e. The molecule has 0 aliphatic heterocycles. The van der Waals surface area contributed by atoms with Crippen LogP contribution >= 0.6 is 27.5 Å². The number of tetrazole rings is 5. The van der Waals surface area contributed by atoms with Gasteiger partial charge in [0.2, 0.25) is 0 Å². The number of benzene rings is 10. The average Bonchev–Trinajstić information content (AvgIpc) is 1.63. The van der Waals surface area contributed by atoms with E-state index in [9.17, 15) is 89.8 Å². The van der Waals surface area contributed by atoms with Gasteiger partial charge >= 0.3 is 59.3 Å². The zero-order chi connectivity index (χ0) is 94.6. The molecule has 0 amide bonds. The SMILES string of the molecule is Cc1cccc(-n2nnn(C)c2=O)c1COc1cc[c-]cc1C(F)(F)F.Cn1nnn(-c2cccc(Br)c2COc2cc[c-]cc2C(F)(F)F)c1=O.Cn1nnn(-c2cccc(C3CC3)c2COc2cc[c-]cc2C(F)(F)F)c1=O.Cn1nnn(-c2cccc(Cl)c2COc2cc[c-]cc2C(F)(F)F)c1=O.Cn1nnn(-c2ccccc2COc2cc[c-]cc2C(F)(F)F)c1=O.[Y].[Y].[Y].[Y].[Y]. The third-order valence-corrected chi connectivity index (χ3v) is 20.1. The van der Waals surface area contributed by atoms with Gasteiger partial charge in [0.05, 0.1) is 28.4 Å². The van der Waals surface area contributed by atoms with Crippen LogP contribution in [0.25, 0.3) is 28.4 Å². The number of aryl methyl sites for hydroxylation is 6. The predicted octanol–water partition coefficient (Wildman–Crippen LogP) is 14.4. The van der Waals surface area contributed by atoms with Gasteiger partial charge in [0.1, 0.15) is 33.0 Å². The minimum atomic E-state index is -4.59. The van der Waals surface area contributed by atoms with Crippen LogP contribution in [0.1, 0.15) is 85.5 Å². The molecule has 5 heterocycles. The molecule has 0 bridgehead atoms. The van der Waals surface area contributed by atoms with Gasteiger partial charge in [-0.2, -0.15) is 204 Å². The first-order valence-electron chi connectivity index (χ1n) is 37.9. The van der Waals surface area contributed by atoms with Crippen molar-refractivity contribution in [3.8, 4) is 57.2 Å². The van der Waals surface area contributed by atoms with Gasteiger partial charge in [-0.3, -0.25) is 0 Å². The number of halogens is 17. The summed E-state index contributed by atoms with van der Waals surface area (Å²) in [4.78, 5) is 60.5. The van der Waals surface area contributed by atoms with Gasteiger partial charge in [-0.15, -0.1) is 30.3 Å². The Labute approximate surface area is 898 Å². The molecule has 16 rings (SSSR count). The van der Waals surface area contributed by atoms with Crippen molar-refractivity contribution in [2.45, 2.75) is 89.6 Å². The monoisotopic (exact) mass is 2360 g/mol. The van der Waals surface area contributed by atoms with Crippen LogP contribution in [0, 0.1) is 37.3 Å². The summed E-state index contributed by atoms with van der Waals surface area (Å²) in [5.41, 5.74) is -1.02. The van der Waals surface area contributed by atoms with Crippen molar-refractivity contribution < 1.29 is 253 Å². The minimum Gasteiger partial charge on any atom is -0.514 e. The molecule has 1 aliphatic carbocycles. The van der Waals surface area contributed by atoms with E-state index in [1.54, 1.807) is 91.9 Å². The molecular weight excluding hydrogens is 2290 g/mol. The second-order valence-electron chi connectivity index (χ2n) is 27.8. The van der Waals surface area contributed by atoms with E-state index in [4.69, 9.17) is 35.3 Å². The number of aromatic nitrogens is 20. The van der Waals surface area contributed by atoms with Crippen LogP contribution < -0.4 is 52.1 Å². The number of nitrogens with zero attached hydrogens (tertiary/aromatic N) is 20. The molecule has 136 heavy (non-hydrogen) atoms. The molecule has 0 atom stereocenters. The van der Waals surface area contributed by atoms with E-state index in [-0.39, 0.29) is 236 Å². The van der Waals surface area contributed by atoms with Crippen LogP contribution in [0.5, 0.6) is 28.7 Å². The van der Waals surface area contributed by atoms with E-state index in [2.05, 4.69) is 98.4 Å². The first-order chi connectivity index (χ1) is 62.1. The maximum atomic E-state index is 13.2. The van der Waals surface area contributed by atoms with Gasteiger partial charge in [-0.05, 0) is 159 Å². The van der Waals surface area contributed by atoms with Crippen LogP contribution in [0.3, 0.4) is 0 Å². The largest absolute Gasteiger partial charge is 0.514 e. The number of rotatable bonds is 21. The number of hydrogen-bond acceptors (Lipinski definition) is 20. The Kier molecular flexibility index (Phi) is 41.5. The first-order valence-corrected chi connectivity index (χ1v) is 39.1. The van der Waals surface area contributed by atoms with Crippen molar-refractivity contribution >= 4 is 27.5 Å². The summed E-state index contributed by atoms with van der Waals surface area (Å²) in [6, 6.07) is 55.5. The van der Waals surface area contributed by atoms with Crippen LogP contribution in [0.2, 0.25) is 5.02 Å². The fraction of sp³-hybridized carbons (Fsp3) is 0.226. The Morgan fingerprint density at radius 2 is 0.596 bits per heavy atom. The van der Waals surface area contributed by atoms with Crippen molar-refractivity contribution in [3.63, 3.8) is 0 Å². The molecular formula is C84H64BrClF15N20O10Y5-5. The fourth-order valence-corrected chi connectivity index (χ4v) is 13.0. The van der Waals surface area contributed by atoms with Gasteiger partial charge in [-0.25, -0.2) is 24.0 Å². The first kappa shape index (κ1) is 114. The van der Waals surface area contributed by atoms with Crippen molar-refractivity contribution in [2.75, 3.05) is 0 Å². The number of para-hydroxylation sites is 1. The summed E-state index contributed by atoms with van der Waals surface area (Å²) in [6.45, 7) is 0.785. The number of ether oxygens (including phenoxy) is 5. The predicted molar refractivity (Wildman–Crippen MR) is 435 cm³/mol. The van der Waals surface area contributed by atoms with Crippen LogP contribution in [0.4, 0.5) is 65.9 Å². The second kappa shape index (κ2) is 49.6. The molecule has 1 aliphatic rings. The average molecular weight is 2360 g/mol. The van der Waals surface area contributed by atoms with E-state index in [1.165, 1.54) is 95.9 Å². The Morgan fingerprint density at radius 3 is 0.926 bits per heavy atom. The van der Waals surface area contributed by atoms with E-state index < -0.39 is 87.1 Å². The van der Waals surface area contributed by atoms with Gasteiger partial charge < -0.3 is 23.7 Å². The third kappa shape index (κ3) is 28.3. The molecule has 0 spiro atoms. The van der Waals surface area contributed by atoms with Crippen LogP contribution in [-0.4, -0.2) is 99.0 Å². The third-order valence-electron chi connectivity index (χ3n) is 19.0. The Bertz CT molecular complexity index is 6530. The van der Waals surface area contributed by atoms with E-state index >= 15 is 0 Å². The molecule has 10 aromatic carbocycles. The molecule has 0 unspecified atom stereocenters. The summed E-state index contributed by atoms with van der Waals surface area (Å²) < 4.78 is 235. The van der Waals surface area contributed by atoms with E-state index in [1.807, 2.05) is 6.07 Å². The summed E-state index contributed by atoms with van der Waals surface area (Å²) in [5, 5.41) is 37.3. The Hall–Kier alpha value is -9.21. The summed E-state index contributed by atoms with van der Waals surface area (Å²) in [6.07, 6.45) is -20.8. The van der Waals surface area contributed by atoms with E-state index in [0.717, 1.165) is 107 Å². The number of alkyl halides is 15. The molecule has 699 valence electrons. The minimum absolute atomic E-state index is 0. The van der Waals surface area contributed by atoms with Crippen molar-refractivity contribution in [1.82, 2.24) is 99.0 Å². The molecule has 1 saturated carbocycles. The van der Waals surface area contributed by atoms with Crippen molar-refractivity contribution in [2.24, 2.45) is 35.2 Å². The summed E-state index contributed by atoms with van der Waals surface area (Å²) in [5.74, 6) is -1.30. The van der Waals surface area contributed by atoms with Gasteiger partial charge in [0.25, 0.3) is 0 Å². The van der Waals surface area contributed by atoms with Crippen molar-refractivity contribution in [1.29, 1.82) is 0 Å². The molecule has 0 saturated heterocycles. The topological polar surface area (TPSA) is 310 Å². The van der Waals surface area contributed by atoms with Crippen LogP contribution in [-0.2, 0) is 263 Å². The standard InChI is InChI=1S/C19H16F3N4O2.C17H14F3N4O2.C16H11BrF3N4O2.C16H11ClF3N4O2.C16H12F3N4O2.5Y/c1-25-18(27)26(24-23-25)16-7-4-5-13(12-9-10-12)14(16)11-28-17-8-3-2-6-15(17)19(20,21)22;1-11-6-5-8-14(24-16(25)23(2)21-22-24)12(11)10-26-15-9-4-3-7-13(15)17(18,19)20;2*1-23-15(25)24(22-21-23)13-7-4-6-12(17)10(13)9-26-14-8-3-2-5-11(14)16(18,19)20;1-22-15(24)23(21-20-22)13-8-4-2-6-11(13)10-25-14-9-5-3-7-12(14)16(17,18)19;;;;;/h3-8,12H,9-11H2,1H3;4-9H,10H2,1-2H3;2*3-8H,9H2,1H3;2,4-9H,10H2,1H3;;;;;/q5*-1;;;;;. The Morgan fingerprint density at radius 1 is 0.331 bits per heavy atom. The maximum Gasteiger partial charge on any atom is 0.373 e. The molecule has 52 heteroatoms. The zero-order valence-electron chi connectivity index (χ0n) is 71.3. The fourth-order valence-electron chi connectivity index (χ4n) is 12.3.